The predicted octanol–water partition coefficient (Wildman–Crippen LogP) is 1.45. The minimum absolute atomic E-state index is 0.0140. The number of amides is 2. The van der Waals surface area contributed by atoms with Crippen LogP contribution in [-0.4, -0.2) is 115 Å². The van der Waals surface area contributed by atoms with E-state index in [1.165, 1.54) is 11.1 Å². The molecular formula is C34H42F3N3O12. The maximum atomic E-state index is 14.1. The van der Waals surface area contributed by atoms with E-state index in [9.17, 15) is 42.3 Å². The fraction of sp³-hybridized carbons (Fsp3) is 0.618. The van der Waals surface area contributed by atoms with Gasteiger partial charge in [0.1, 0.15) is 42.2 Å². The standard InChI is InChI=1S/C34H42F3N3O12/c1-32(2,3)51-25(44)11-9-21(16-41)39-23(42)12-13-38-31(46)33-14-22-26-27(49-18-48-26)29(33)52-40(28(33)30(45)50-22)15-20-6-4-19(5-7-20)8-10-24(43)47-17-34(35,36)37/h4-8,10,21-22,26-29,41H,9,11-18H2,1-3H3,(H,38,46)(H,39,42)/t21-,22+,26-,27-,28-,29+,33-/m0/s1. The molecule has 1 aromatic rings. The average Bonchev–Trinajstić information content (AvgIpc) is 3.69. The first-order chi connectivity index (χ1) is 24.5. The van der Waals surface area contributed by atoms with Gasteiger partial charge in [-0.15, -0.1) is 0 Å². The Labute approximate surface area is 297 Å². The van der Waals surface area contributed by atoms with E-state index in [2.05, 4.69) is 15.4 Å². The zero-order valence-electron chi connectivity index (χ0n) is 28.8. The van der Waals surface area contributed by atoms with Crippen LogP contribution in [0.15, 0.2) is 30.3 Å². The van der Waals surface area contributed by atoms with E-state index >= 15 is 0 Å². The summed E-state index contributed by atoms with van der Waals surface area (Å²) in [5, 5.41) is 16.5. The second kappa shape index (κ2) is 15.9. The van der Waals surface area contributed by atoms with Gasteiger partial charge in [-0.3, -0.25) is 24.0 Å². The molecule has 286 valence electrons. The van der Waals surface area contributed by atoms with Crippen LogP contribution >= 0.6 is 0 Å². The Bertz CT molecular complexity index is 1530. The van der Waals surface area contributed by atoms with Crippen molar-refractivity contribution in [3.8, 4) is 0 Å². The van der Waals surface area contributed by atoms with E-state index in [-0.39, 0.29) is 45.6 Å². The Kier molecular flexibility index (Phi) is 11.9. The Morgan fingerprint density at radius 3 is 2.48 bits per heavy atom. The second-order valence-electron chi connectivity index (χ2n) is 14.0. The zero-order chi connectivity index (χ0) is 37.8. The van der Waals surface area contributed by atoms with Crippen LogP contribution in [0.4, 0.5) is 13.2 Å². The monoisotopic (exact) mass is 741 g/mol. The summed E-state index contributed by atoms with van der Waals surface area (Å²) in [6.45, 7) is 2.90. The van der Waals surface area contributed by atoms with Crippen LogP contribution in [0.5, 0.6) is 0 Å². The van der Waals surface area contributed by atoms with Crippen molar-refractivity contribution in [3.63, 3.8) is 0 Å². The van der Waals surface area contributed by atoms with E-state index in [1.54, 1.807) is 45.0 Å². The highest BCUT2D eigenvalue weighted by Crippen LogP contribution is 2.55. The number of alkyl halides is 3. The lowest BCUT2D eigenvalue weighted by Crippen LogP contribution is -2.69. The molecule has 3 N–H and O–H groups in total. The summed E-state index contributed by atoms with van der Waals surface area (Å²) < 4.78 is 63.6. The van der Waals surface area contributed by atoms with Crippen molar-refractivity contribution in [2.75, 3.05) is 26.6 Å². The molecule has 3 saturated heterocycles. The number of nitrogens with zero attached hydrogens (tertiary/aromatic N) is 1. The molecule has 0 unspecified atom stereocenters. The summed E-state index contributed by atoms with van der Waals surface area (Å²) in [4.78, 5) is 70.3. The molecule has 18 heteroatoms. The molecule has 2 bridgehead atoms. The number of hydrogen-bond acceptors (Lipinski definition) is 13. The molecule has 0 radical (unpaired) electrons. The Balaban J connectivity index is 1.22. The molecule has 0 spiro atoms. The highest BCUT2D eigenvalue weighted by molar-refractivity contribution is 5.94. The number of carbonyl (C=O) groups excluding carboxylic acids is 5. The molecule has 2 amide bonds. The minimum Gasteiger partial charge on any atom is -0.460 e. The maximum Gasteiger partial charge on any atom is 0.422 e. The van der Waals surface area contributed by atoms with Gasteiger partial charge in [-0.05, 0) is 44.4 Å². The van der Waals surface area contributed by atoms with Crippen LogP contribution in [0.25, 0.3) is 6.08 Å². The minimum atomic E-state index is -4.64. The lowest BCUT2D eigenvalue weighted by atomic mass is 9.62. The quantitative estimate of drug-likeness (QED) is 0.141. The number of hydrogen-bond donors (Lipinski definition) is 3. The number of fused-ring (bicyclic) bond motifs is 4. The molecule has 3 aliphatic heterocycles. The van der Waals surface area contributed by atoms with E-state index in [0.717, 1.165) is 6.08 Å². The van der Waals surface area contributed by atoms with Crippen LogP contribution in [0.3, 0.4) is 0 Å². The molecule has 1 aliphatic carbocycles. The van der Waals surface area contributed by atoms with Gasteiger partial charge in [0.15, 0.2) is 12.6 Å². The van der Waals surface area contributed by atoms with E-state index < -0.39 is 96.6 Å². The summed E-state index contributed by atoms with van der Waals surface area (Å²) in [7, 11) is 0. The molecule has 4 aliphatic rings. The van der Waals surface area contributed by atoms with Crippen LogP contribution in [0, 0.1) is 5.41 Å². The molecule has 4 fully saturated rings. The van der Waals surface area contributed by atoms with Gasteiger partial charge < -0.3 is 39.4 Å². The molecule has 52 heavy (non-hydrogen) atoms. The van der Waals surface area contributed by atoms with Gasteiger partial charge in [-0.2, -0.15) is 18.2 Å². The topological polar surface area (TPSA) is 188 Å². The molecule has 0 aromatic heterocycles. The fourth-order valence-corrected chi connectivity index (χ4v) is 6.76. The summed E-state index contributed by atoms with van der Waals surface area (Å²) in [5.74, 6) is -3.35. The number of rotatable bonds is 14. The molecule has 7 atom stereocenters. The Morgan fingerprint density at radius 2 is 1.81 bits per heavy atom. The smallest absolute Gasteiger partial charge is 0.422 e. The number of benzene rings is 1. The van der Waals surface area contributed by atoms with Crippen LogP contribution < -0.4 is 10.6 Å². The number of halogens is 3. The fourth-order valence-electron chi connectivity index (χ4n) is 6.76. The molecule has 5 rings (SSSR count). The first-order valence-corrected chi connectivity index (χ1v) is 16.8. The summed E-state index contributed by atoms with van der Waals surface area (Å²) in [5.41, 5.74) is -1.03. The number of esters is 3. The largest absolute Gasteiger partial charge is 0.460 e. The van der Waals surface area contributed by atoms with Crippen molar-refractivity contribution in [1.29, 1.82) is 0 Å². The lowest BCUT2D eigenvalue weighted by molar-refractivity contribution is -0.201. The van der Waals surface area contributed by atoms with Gasteiger partial charge >= 0.3 is 24.1 Å². The number of aliphatic hydroxyl groups excluding tert-OH is 1. The maximum absolute atomic E-state index is 14.1. The number of carbonyl (C=O) groups is 5. The van der Waals surface area contributed by atoms with Crippen LogP contribution in [0.1, 0.15) is 57.6 Å². The zero-order valence-corrected chi connectivity index (χ0v) is 28.8. The van der Waals surface area contributed by atoms with Crippen molar-refractivity contribution >= 4 is 35.8 Å². The van der Waals surface area contributed by atoms with Gasteiger partial charge in [-0.25, -0.2) is 4.79 Å². The normalized spacial score (nSPS) is 27.4. The highest BCUT2D eigenvalue weighted by Gasteiger charge is 2.74. The predicted molar refractivity (Wildman–Crippen MR) is 170 cm³/mol. The van der Waals surface area contributed by atoms with Gasteiger partial charge in [0.2, 0.25) is 11.8 Å². The number of nitrogens with one attached hydrogen (secondary N) is 2. The first kappa shape index (κ1) is 39.1. The molecule has 1 aromatic carbocycles. The SMILES string of the molecule is CC(C)(C)OC(=O)CC[C@@H](CO)NC(=O)CCNC(=O)[C@@]12C[C@H]3OC(=O)[C@@H]1N(Cc1ccc(C=CC(=O)OCC(F)(F)F)cc1)O[C@@H]2[C@H]1OCO[C@H]13. The Morgan fingerprint density at radius 1 is 1.10 bits per heavy atom. The van der Waals surface area contributed by atoms with E-state index in [4.69, 9.17) is 23.8 Å². The summed E-state index contributed by atoms with van der Waals surface area (Å²) >= 11 is 0. The number of hydroxylamine groups is 2. The Hall–Kier alpha value is -4.10. The van der Waals surface area contributed by atoms with E-state index in [0.29, 0.717) is 11.1 Å². The van der Waals surface area contributed by atoms with E-state index in [1.807, 2.05) is 0 Å². The molecular weight excluding hydrogens is 699 g/mol. The highest BCUT2D eigenvalue weighted by atomic mass is 19.4. The number of ether oxygens (including phenoxy) is 5. The van der Waals surface area contributed by atoms with Gasteiger partial charge in [0.25, 0.3) is 0 Å². The van der Waals surface area contributed by atoms with Crippen LogP contribution in [-0.2, 0) is 59.0 Å². The summed E-state index contributed by atoms with van der Waals surface area (Å²) in [6.07, 6.45) is -5.58. The van der Waals surface area contributed by atoms with Crippen molar-refractivity contribution in [1.82, 2.24) is 15.7 Å². The first-order valence-electron chi connectivity index (χ1n) is 16.8. The third-order valence-electron chi connectivity index (χ3n) is 8.94. The molecule has 3 heterocycles. The van der Waals surface area contributed by atoms with Gasteiger partial charge in [0, 0.05) is 31.9 Å². The van der Waals surface area contributed by atoms with Crippen LogP contribution in [0.2, 0.25) is 0 Å². The van der Waals surface area contributed by atoms with Gasteiger partial charge in [0.05, 0.1) is 19.2 Å². The third kappa shape index (κ3) is 9.27. The number of aliphatic hydroxyl groups is 1. The van der Waals surface area contributed by atoms with Gasteiger partial charge in [-0.1, -0.05) is 24.3 Å². The average molecular weight is 742 g/mol. The summed E-state index contributed by atoms with van der Waals surface area (Å²) in [6, 6.07) is 4.59. The second-order valence-corrected chi connectivity index (χ2v) is 14.0. The van der Waals surface area contributed by atoms with Crippen molar-refractivity contribution < 1.29 is 70.8 Å². The lowest BCUT2D eigenvalue weighted by Gasteiger charge is -2.48. The van der Waals surface area contributed by atoms with Crippen molar-refractivity contribution in [2.24, 2.45) is 5.41 Å². The molecule has 1 saturated carbocycles. The molecule has 15 nitrogen and oxygen atoms in total. The van der Waals surface area contributed by atoms with Crippen molar-refractivity contribution in [3.05, 3.63) is 41.5 Å². The third-order valence-corrected chi connectivity index (χ3v) is 8.94. The van der Waals surface area contributed by atoms with Crippen molar-refractivity contribution in [2.45, 2.75) is 101 Å².